The number of halogens is 2. The minimum absolute atomic E-state index is 0.436. The number of hydrogen-bond acceptors (Lipinski definition) is 2. The van der Waals surface area contributed by atoms with Crippen molar-refractivity contribution in [2.24, 2.45) is 0 Å². The molecule has 5 nitrogen and oxygen atoms in total. The molecular formula is C12H13Cl2N3O2. The SMILES string of the molecule is CC(C)(Cc1cc(Cl)n2ncc(Cl)c2c1)NC(=O)O. The highest BCUT2D eigenvalue weighted by atomic mass is 35.5. The van der Waals surface area contributed by atoms with E-state index in [0.29, 0.717) is 22.1 Å². The van der Waals surface area contributed by atoms with Gasteiger partial charge in [0, 0.05) is 5.54 Å². The zero-order valence-electron chi connectivity index (χ0n) is 10.4. The molecule has 0 bridgehead atoms. The lowest BCUT2D eigenvalue weighted by atomic mass is 9.95. The maximum Gasteiger partial charge on any atom is 0.405 e. The van der Waals surface area contributed by atoms with E-state index in [9.17, 15) is 4.79 Å². The van der Waals surface area contributed by atoms with E-state index in [2.05, 4.69) is 10.4 Å². The number of fused-ring (bicyclic) bond motifs is 1. The molecule has 0 saturated heterocycles. The number of nitrogens with zero attached hydrogens (tertiary/aromatic N) is 2. The molecule has 0 fully saturated rings. The fraction of sp³-hybridized carbons (Fsp3) is 0.333. The van der Waals surface area contributed by atoms with Gasteiger partial charge in [0.25, 0.3) is 0 Å². The van der Waals surface area contributed by atoms with Crippen LogP contribution in [0.1, 0.15) is 19.4 Å². The van der Waals surface area contributed by atoms with Crippen LogP contribution in [0, 0.1) is 0 Å². The fourth-order valence-electron chi connectivity index (χ4n) is 2.02. The van der Waals surface area contributed by atoms with Gasteiger partial charge in [0.1, 0.15) is 5.15 Å². The molecule has 0 spiro atoms. The monoisotopic (exact) mass is 301 g/mol. The molecule has 0 saturated carbocycles. The van der Waals surface area contributed by atoms with Gasteiger partial charge >= 0.3 is 6.09 Å². The largest absolute Gasteiger partial charge is 0.465 e. The van der Waals surface area contributed by atoms with E-state index >= 15 is 0 Å². The Morgan fingerprint density at radius 2 is 2.16 bits per heavy atom. The van der Waals surface area contributed by atoms with E-state index in [4.69, 9.17) is 28.3 Å². The third-order valence-electron chi connectivity index (χ3n) is 2.68. The molecule has 0 radical (unpaired) electrons. The predicted octanol–water partition coefficient (Wildman–Crippen LogP) is 3.23. The molecule has 2 aromatic heterocycles. The molecule has 2 N–H and O–H groups in total. The molecular weight excluding hydrogens is 289 g/mol. The molecule has 0 aliphatic carbocycles. The summed E-state index contributed by atoms with van der Waals surface area (Å²) in [6.45, 7) is 3.61. The summed E-state index contributed by atoms with van der Waals surface area (Å²) in [5.41, 5.74) is 0.994. The first-order chi connectivity index (χ1) is 8.78. The van der Waals surface area contributed by atoms with Crippen LogP contribution in [-0.4, -0.2) is 26.4 Å². The number of pyridine rings is 1. The molecule has 0 aliphatic rings. The Morgan fingerprint density at radius 1 is 1.47 bits per heavy atom. The van der Waals surface area contributed by atoms with Gasteiger partial charge in [-0.2, -0.15) is 5.10 Å². The number of aromatic nitrogens is 2. The maximum absolute atomic E-state index is 10.7. The third kappa shape index (κ3) is 3.11. The fourth-order valence-corrected chi connectivity index (χ4v) is 2.47. The van der Waals surface area contributed by atoms with E-state index in [-0.39, 0.29) is 0 Å². The quantitative estimate of drug-likeness (QED) is 0.855. The molecule has 1 amide bonds. The summed E-state index contributed by atoms with van der Waals surface area (Å²) in [6, 6.07) is 3.61. The number of nitrogens with one attached hydrogen (secondary N) is 1. The lowest BCUT2D eigenvalue weighted by molar-refractivity contribution is 0.182. The van der Waals surface area contributed by atoms with E-state index in [1.165, 1.54) is 10.7 Å². The van der Waals surface area contributed by atoms with E-state index < -0.39 is 11.6 Å². The van der Waals surface area contributed by atoms with Crippen molar-refractivity contribution in [1.29, 1.82) is 0 Å². The first-order valence-electron chi connectivity index (χ1n) is 5.61. The zero-order valence-corrected chi connectivity index (χ0v) is 12.0. The Morgan fingerprint density at radius 3 is 2.79 bits per heavy atom. The Labute approximate surface area is 120 Å². The highest BCUT2D eigenvalue weighted by Gasteiger charge is 2.21. The summed E-state index contributed by atoms with van der Waals surface area (Å²) in [4.78, 5) is 10.7. The molecule has 7 heteroatoms. The van der Waals surface area contributed by atoms with Gasteiger partial charge < -0.3 is 10.4 Å². The van der Waals surface area contributed by atoms with Crippen molar-refractivity contribution in [1.82, 2.24) is 14.9 Å². The highest BCUT2D eigenvalue weighted by Crippen LogP contribution is 2.24. The second-order valence-corrected chi connectivity index (χ2v) is 5.76. The van der Waals surface area contributed by atoms with Crippen molar-refractivity contribution in [3.63, 3.8) is 0 Å². The Bertz CT molecular complexity index is 637. The summed E-state index contributed by atoms with van der Waals surface area (Å²) in [7, 11) is 0. The summed E-state index contributed by atoms with van der Waals surface area (Å²) < 4.78 is 1.53. The first-order valence-corrected chi connectivity index (χ1v) is 6.37. The van der Waals surface area contributed by atoms with Gasteiger partial charge in [0.2, 0.25) is 0 Å². The van der Waals surface area contributed by atoms with Crippen LogP contribution in [0.4, 0.5) is 4.79 Å². The summed E-state index contributed by atoms with van der Waals surface area (Å²) in [6.07, 6.45) is 0.962. The van der Waals surface area contributed by atoms with E-state index in [1.807, 2.05) is 6.07 Å². The molecule has 0 atom stereocenters. The van der Waals surface area contributed by atoms with Crippen LogP contribution in [-0.2, 0) is 6.42 Å². The standard InChI is InChI=1S/C12H13Cl2N3O2/c1-12(2,16-11(18)19)5-7-3-9-8(13)6-15-17(9)10(14)4-7/h3-4,6,16H,5H2,1-2H3,(H,18,19). The van der Waals surface area contributed by atoms with Crippen LogP contribution in [0.2, 0.25) is 10.2 Å². The lowest BCUT2D eigenvalue weighted by Gasteiger charge is -2.24. The van der Waals surface area contributed by atoms with Crippen LogP contribution in [0.5, 0.6) is 0 Å². The van der Waals surface area contributed by atoms with Crippen molar-refractivity contribution in [3.05, 3.63) is 34.1 Å². The summed E-state index contributed by atoms with van der Waals surface area (Å²) >= 11 is 12.1. The Hall–Kier alpha value is -1.46. The van der Waals surface area contributed by atoms with Crippen molar-refractivity contribution in [2.45, 2.75) is 25.8 Å². The summed E-state index contributed by atoms with van der Waals surface area (Å²) in [5, 5.41) is 16.2. The van der Waals surface area contributed by atoms with Crippen molar-refractivity contribution in [2.75, 3.05) is 0 Å². The molecule has 2 rings (SSSR count). The van der Waals surface area contributed by atoms with E-state index in [0.717, 1.165) is 5.56 Å². The molecule has 0 unspecified atom stereocenters. The first kappa shape index (κ1) is 14.0. The average molecular weight is 302 g/mol. The van der Waals surface area contributed by atoms with Gasteiger partial charge in [-0.1, -0.05) is 23.2 Å². The maximum atomic E-state index is 10.7. The lowest BCUT2D eigenvalue weighted by Crippen LogP contribution is -2.44. The van der Waals surface area contributed by atoms with Crippen molar-refractivity contribution in [3.8, 4) is 0 Å². The Balaban J connectivity index is 2.35. The minimum atomic E-state index is -1.06. The second kappa shape index (κ2) is 4.90. The van der Waals surface area contributed by atoms with Gasteiger partial charge in [-0.05, 0) is 38.0 Å². The number of carbonyl (C=O) groups is 1. The molecule has 102 valence electrons. The van der Waals surface area contributed by atoms with Crippen LogP contribution < -0.4 is 5.32 Å². The van der Waals surface area contributed by atoms with Gasteiger partial charge in [-0.15, -0.1) is 0 Å². The number of amides is 1. The van der Waals surface area contributed by atoms with E-state index in [1.54, 1.807) is 19.9 Å². The van der Waals surface area contributed by atoms with Gasteiger partial charge in [-0.3, -0.25) is 0 Å². The van der Waals surface area contributed by atoms with Gasteiger partial charge in [-0.25, -0.2) is 9.31 Å². The highest BCUT2D eigenvalue weighted by molar-refractivity contribution is 6.34. The van der Waals surface area contributed by atoms with Crippen LogP contribution >= 0.6 is 23.2 Å². The van der Waals surface area contributed by atoms with Crippen molar-refractivity contribution < 1.29 is 9.90 Å². The normalized spacial score (nSPS) is 11.8. The second-order valence-electron chi connectivity index (χ2n) is 4.97. The molecule has 19 heavy (non-hydrogen) atoms. The molecule has 2 aromatic rings. The smallest absolute Gasteiger partial charge is 0.405 e. The number of hydrogen-bond donors (Lipinski definition) is 2. The summed E-state index contributed by atoms with van der Waals surface area (Å²) in [5.74, 6) is 0. The number of carboxylic acid groups (broad SMARTS) is 1. The topological polar surface area (TPSA) is 66.6 Å². The van der Waals surface area contributed by atoms with Gasteiger partial charge in [0.05, 0.1) is 16.7 Å². The Kier molecular flexibility index (Phi) is 3.60. The predicted molar refractivity (Wildman–Crippen MR) is 74.2 cm³/mol. The van der Waals surface area contributed by atoms with Crippen LogP contribution in [0.3, 0.4) is 0 Å². The van der Waals surface area contributed by atoms with Gasteiger partial charge in [0.15, 0.2) is 0 Å². The van der Waals surface area contributed by atoms with Crippen LogP contribution in [0.15, 0.2) is 18.3 Å². The molecule has 0 aromatic carbocycles. The van der Waals surface area contributed by atoms with Crippen LogP contribution in [0.25, 0.3) is 5.52 Å². The molecule has 0 aliphatic heterocycles. The minimum Gasteiger partial charge on any atom is -0.465 e. The average Bonchev–Trinajstić information content (AvgIpc) is 2.58. The third-order valence-corrected chi connectivity index (χ3v) is 3.24. The zero-order chi connectivity index (χ0) is 14.2. The van der Waals surface area contributed by atoms with Crippen molar-refractivity contribution >= 4 is 34.8 Å². The molecule has 2 heterocycles. The number of rotatable bonds is 3.